The molecule has 0 fully saturated rings. The smallest absolute Gasteiger partial charge is 0.226 e. The fraction of sp³-hybridized carbons (Fsp3) is 0. The minimum atomic E-state index is 0.975. The van der Waals surface area contributed by atoms with Crippen molar-refractivity contribution in [3.63, 3.8) is 0 Å². The Labute approximate surface area is 40.1 Å². The number of nitrogens with zero attached hydrogens (tertiary/aromatic N) is 4. The van der Waals surface area contributed by atoms with E-state index in [4.69, 9.17) is 5.26 Å². The first kappa shape index (κ1) is 5.56. The van der Waals surface area contributed by atoms with Crippen LogP contribution >= 0.6 is 0 Å². The Bertz CT molecular complexity index is 117. The van der Waals surface area contributed by atoms with Crippen LogP contribution in [0, 0.1) is 11.5 Å². The number of hydrogen-bond donors (Lipinski definition) is 1. The van der Waals surface area contributed by atoms with Crippen molar-refractivity contribution in [2.75, 3.05) is 0 Å². The monoisotopic (exact) mass is 97.0 g/mol. The first-order valence-electron chi connectivity index (χ1n) is 1.42. The van der Waals surface area contributed by atoms with Crippen molar-refractivity contribution < 1.29 is 0 Å². The summed E-state index contributed by atoms with van der Waals surface area (Å²) >= 11 is 0. The number of nitriles is 1. The van der Waals surface area contributed by atoms with Crippen LogP contribution in [-0.2, 0) is 0 Å². The molecule has 5 heteroatoms. The van der Waals surface area contributed by atoms with E-state index in [1.807, 2.05) is 0 Å². The summed E-state index contributed by atoms with van der Waals surface area (Å²) in [6, 6.07) is 0. The quantitative estimate of drug-likeness (QED) is 0.123. The molecular formula is C2H3N5. The summed E-state index contributed by atoms with van der Waals surface area (Å²) in [4.78, 5) is 0. The Hall–Kier alpha value is -1.44. The standard InChI is InChI=1S/C2H3N5/c3-1-6-7-2-5-4/h2H,4H2/b5-2+,7-6?. The highest BCUT2D eigenvalue weighted by atomic mass is 15.2. The van der Waals surface area contributed by atoms with E-state index in [2.05, 4.69) is 21.2 Å². The van der Waals surface area contributed by atoms with Crippen molar-refractivity contribution >= 4 is 6.34 Å². The van der Waals surface area contributed by atoms with Crippen molar-refractivity contribution in [3.8, 4) is 6.19 Å². The molecule has 0 rings (SSSR count). The van der Waals surface area contributed by atoms with Crippen LogP contribution in [0.3, 0.4) is 0 Å². The van der Waals surface area contributed by atoms with Crippen molar-refractivity contribution in [2.45, 2.75) is 0 Å². The summed E-state index contributed by atoms with van der Waals surface area (Å²) in [6.07, 6.45) is 2.39. The van der Waals surface area contributed by atoms with Crippen LogP contribution in [0.15, 0.2) is 15.3 Å². The maximum Gasteiger partial charge on any atom is 0.226 e. The summed E-state index contributed by atoms with van der Waals surface area (Å²) < 4.78 is 0. The molecule has 0 atom stereocenters. The van der Waals surface area contributed by atoms with Crippen molar-refractivity contribution in [1.82, 2.24) is 0 Å². The Morgan fingerprint density at radius 3 is 2.86 bits per heavy atom. The van der Waals surface area contributed by atoms with Crippen LogP contribution in [0.4, 0.5) is 0 Å². The number of rotatable bonds is 1. The van der Waals surface area contributed by atoms with Crippen LogP contribution < -0.4 is 5.84 Å². The van der Waals surface area contributed by atoms with Gasteiger partial charge in [0, 0.05) is 0 Å². The van der Waals surface area contributed by atoms with Gasteiger partial charge >= 0.3 is 0 Å². The first-order valence-corrected chi connectivity index (χ1v) is 1.42. The Balaban J connectivity index is 3.33. The zero-order chi connectivity index (χ0) is 5.54. The lowest BCUT2D eigenvalue weighted by Gasteiger charge is -1.62. The third-order valence-electron chi connectivity index (χ3n) is 0.221. The fourth-order valence-corrected chi connectivity index (χ4v) is 0.0815. The molecule has 0 saturated carbocycles. The zero-order valence-electron chi connectivity index (χ0n) is 3.44. The lowest BCUT2D eigenvalue weighted by atomic mass is 11.3. The zero-order valence-corrected chi connectivity index (χ0v) is 3.44. The molecule has 0 amide bonds. The molecule has 0 spiro atoms. The maximum atomic E-state index is 7.68. The van der Waals surface area contributed by atoms with Gasteiger partial charge in [-0.3, -0.25) is 0 Å². The second kappa shape index (κ2) is 4.56. The second-order valence-corrected chi connectivity index (χ2v) is 0.580. The summed E-state index contributed by atoms with van der Waals surface area (Å²) in [5, 5.41) is 16.5. The van der Waals surface area contributed by atoms with E-state index >= 15 is 0 Å². The molecule has 0 unspecified atom stereocenters. The molecular weight excluding hydrogens is 94.1 g/mol. The fourth-order valence-electron chi connectivity index (χ4n) is 0.0815. The minimum Gasteiger partial charge on any atom is -0.322 e. The van der Waals surface area contributed by atoms with Gasteiger partial charge in [-0.05, 0) is 0 Å². The molecule has 0 aliphatic heterocycles. The predicted molar refractivity (Wildman–Crippen MR) is 23.1 cm³/mol. The van der Waals surface area contributed by atoms with Gasteiger partial charge < -0.3 is 5.84 Å². The van der Waals surface area contributed by atoms with Gasteiger partial charge in [0.05, 0.1) is 0 Å². The largest absolute Gasteiger partial charge is 0.322 e. The highest BCUT2D eigenvalue weighted by molar-refractivity contribution is 5.53. The Morgan fingerprint density at radius 2 is 2.43 bits per heavy atom. The average Bonchev–Trinajstić information content (AvgIpc) is 1.69. The van der Waals surface area contributed by atoms with E-state index in [-0.39, 0.29) is 0 Å². The van der Waals surface area contributed by atoms with Crippen molar-refractivity contribution in [2.24, 2.45) is 21.2 Å². The van der Waals surface area contributed by atoms with E-state index in [9.17, 15) is 0 Å². The van der Waals surface area contributed by atoms with Gasteiger partial charge in [-0.15, -0.1) is 5.11 Å². The second-order valence-electron chi connectivity index (χ2n) is 0.580. The Kier molecular flexibility index (Phi) is 3.62. The maximum absolute atomic E-state index is 7.68. The summed E-state index contributed by atoms with van der Waals surface area (Å²) in [5.41, 5.74) is 0. The lowest BCUT2D eigenvalue weighted by Crippen LogP contribution is -1.76. The number of hydrazone groups is 1. The van der Waals surface area contributed by atoms with E-state index in [1.54, 1.807) is 0 Å². The highest BCUT2D eigenvalue weighted by Crippen LogP contribution is 1.61. The molecule has 0 aromatic heterocycles. The molecule has 0 heterocycles. The molecule has 0 saturated heterocycles. The third kappa shape index (κ3) is 4.56. The molecule has 0 aromatic carbocycles. The number of azo groups is 1. The van der Waals surface area contributed by atoms with Gasteiger partial charge in [0.25, 0.3) is 0 Å². The molecule has 36 valence electrons. The topological polar surface area (TPSA) is 86.9 Å². The summed E-state index contributed by atoms with van der Waals surface area (Å²) in [5.74, 6) is 4.58. The molecule has 0 aliphatic rings. The van der Waals surface area contributed by atoms with Crippen LogP contribution in [0.2, 0.25) is 0 Å². The van der Waals surface area contributed by atoms with Gasteiger partial charge in [0.15, 0.2) is 6.34 Å². The van der Waals surface area contributed by atoms with Crippen LogP contribution in [0.25, 0.3) is 0 Å². The van der Waals surface area contributed by atoms with Gasteiger partial charge in [-0.25, -0.2) is 0 Å². The van der Waals surface area contributed by atoms with Crippen LogP contribution in [-0.4, -0.2) is 6.34 Å². The summed E-state index contributed by atoms with van der Waals surface area (Å²) in [7, 11) is 0. The van der Waals surface area contributed by atoms with Gasteiger partial charge in [0.1, 0.15) is 0 Å². The molecule has 0 bridgehead atoms. The molecule has 2 N–H and O–H groups in total. The van der Waals surface area contributed by atoms with Gasteiger partial charge in [-0.1, -0.05) is 5.11 Å². The predicted octanol–water partition coefficient (Wildman–Crippen LogP) is -0.178. The van der Waals surface area contributed by atoms with Crippen molar-refractivity contribution in [1.29, 1.82) is 5.26 Å². The van der Waals surface area contributed by atoms with Gasteiger partial charge in [0.2, 0.25) is 6.19 Å². The van der Waals surface area contributed by atoms with Crippen LogP contribution in [0.1, 0.15) is 0 Å². The Morgan fingerprint density at radius 1 is 1.71 bits per heavy atom. The number of hydrogen-bond acceptors (Lipinski definition) is 4. The average molecular weight is 97.1 g/mol. The minimum absolute atomic E-state index is 0.975. The SMILES string of the molecule is N#CN=N/C=N/N. The molecule has 0 radical (unpaired) electrons. The van der Waals surface area contributed by atoms with E-state index in [0.29, 0.717) is 0 Å². The highest BCUT2D eigenvalue weighted by Gasteiger charge is 1.56. The number of nitrogens with two attached hydrogens (primary N) is 1. The third-order valence-corrected chi connectivity index (χ3v) is 0.221. The van der Waals surface area contributed by atoms with E-state index in [0.717, 1.165) is 6.34 Å². The first-order chi connectivity index (χ1) is 3.41. The summed E-state index contributed by atoms with van der Waals surface area (Å²) in [6.45, 7) is 0. The van der Waals surface area contributed by atoms with Gasteiger partial charge in [-0.2, -0.15) is 10.4 Å². The van der Waals surface area contributed by atoms with Crippen molar-refractivity contribution in [3.05, 3.63) is 0 Å². The lowest BCUT2D eigenvalue weighted by molar-refractivity contribution is 1.21. The molecule has 0 aliphatic carbocycles. The van der Waals surface area contributed by atoms with Crippen LogP contribution in [0.5, 0.6) is 0 Å². The molecule has 0 aromatic rings. The van der Waals surface area contributed by atoms with E-state index < -0.39 is 0 Å². The molecule has 7 heavy (non-hydrogen) atoms. The normalized spacial score (nSPS) is 10.1. The molecule has 5 nitrogen and oxygen atoms in total. The van der Waals surface area contributed by atoms with E-state index in [1.165, 1.54) is 6.19 Å².